The molecule has 0 radical (unpaired) electrons. The Morgan fingerprint density at radius 2 is 1.09 bits per heavy atom. The van der Waals surface area contributed by atoms with Crippen LogP contribution in [0.2, 0.25) is 0 Å². The Morgan fingerprint density at radius 3 is 1.62 bits per heavy atom. The van der Waals surface area contributed by atoms with E-state index in [1.165, 1.54) is 0 Å². The zero-order valence-electron chi connectivity index (χ0n) is 17.8. The minimum atomic E-state index is -0.391. The number of hydrogen-bond acceptors (Lipinski definition) is 6. The number of rotatable bonds is 0. The molecule has 154 valence electrons. The third-order valence-electron chi connectivity index (χ3n) is 4.77. The van der Waals surface area contributed by atoms with E-state index in [2.05, 4.69) is 50.5 Å². The Bertz CT molecular complexity index is 1270. The molecule has 6 nitrogen and oxygen atoms in total. The highest BCUT2D eigenvalue weighted by Gasteiger charge is 2.30. The van der Waals surface area contributed by atoms with Crippen LogP contribution in [0.15, 0.2) is 78.6 Å². The van der Waals surface area contributed by atoms with Gasteiger partial charge >= 0.3 is 0 Å². The standard InChI is InChI=1S/C26H20N6/c1-31-24(6-3-21-9-15-27-16-10-21)30-25(7-4-22-11-17-28-18-12-22)32(2)26(31)8-5-23-13-19-29-20-14-23/h9-20,24,26H,1-2H3. The number of aromatic nitrogens is 3. The van der Waals surface area contributed by atoms with Crippen molar-refractivity contribution in [1.82, 2.24) is 24.8 Å². The third kappa shape index (κ3) is 5.18. The van der Waals surface area contributed by atoms with Crippen LogP contribution in [-0.4, -0.2) is 57.0 Å². The predicted octanol–water partition coefficient (Wildman–Crippen LogP) is 2.25. The monoisotopic (exact) mass is 416 g/mol. The average molecular weight is 416 g/mol. The van der Waals surface area contributed by atoms with Gasteiger partial charge in [0, 0.05) is 60.9 Å². The van der Waals surface area contributed by atoms with Gasteiger partial charge in [-0.2, -0.15) is 0 Å². The van der Waals surface area contributed by atoms with E-state index in [9.17, 15) is 0 Å². The second-order valence-corrected chi connectivity index (χ2v) is 6.97. The molecule has 2 unspecified atom stereocenters. The van der Waals surface area contributed by atoms with Gasteiger partial charge in [0.15, 0.2) is 12.0 Å². The molecule has 3 aromatic rings. The van der Waals surface area contributed by atoms with Gasteiger partial charge in [0.2, 0.25) is 0 Å². The number of pyridine rings is 3. The summed E-state index contributed by atoms with van der Waals surface area (Å²) in [6.45, 7) is 0. The first-order chi connectivity index (χ1) is 15.7. The van der Waals surface area contributed by atoms with E-state index >= 15 is 0 Å². The third-order valence-corrected chi connectivity index (χ3v) is 4.77. The molecule has 3 aromatic heterocycles. The fourth-order valence-electron chi connectivity index (χ4n) is 3.00. The van der Waals surface area contributed by atoms with Crippen LogP contribution in [0.1, 0.15) is 16.7 Å². The highest BCUT2D eigenvalue weighted by molar-refractivity contribution is 5.99. The summed E-state index contributed by atoms with van der Waals surface area (Å²) in [4.78, 5) is 20.9. The molecule has 0 N–H and O–H groups in total. The molecule has 2 atom stereocenters. The van der Waals surface area contributed by atoms with Gasteiger partial charge in [-0.15, -0.1) is 0 Å². The lowest BCUT2D eigenvalue weighted by molar-refractivity contribution is 0.144. The Kier molecular flexibility index (Phi) is 6.54. The summed E-state index contributed by atoms with van der Waals surface area (Å²) in [6, 6.07) is 11.2. The van der Waals surface area contributed by atoms with Crippen molar-refractivity contribution in [2.45, 2.75) is 12.3 Å². The molecule has 0 saturated heterocycles. The van der Waals surface area contributed by atoms with Crippen LogP contribution in [0.3, 0.4) is 0 Å². The van der Waals surface area contributed by atoms with E-state index in [1.807, 2.05) is 60.3 Å². The van der Waals surface area contributed by atoms with E-state index in [4.69, 9.17) is 4.99 Å². The molecular formula is C26H20N6. The lowest BCUT2D eigenvalue weighted by Crippen LogP contribution is -2.54. The molecule has 6 heteroatoms. The minimum absolute atomic E-state index is 0.251. The molecular weight excluding hydrogens is 396 g/mol. The van der Waals surface area contributed by atoms with Crippen molar-refractivity contribution >= 4 is 5.84 Å². The fourth-order valence-corrected chi connectivity index (χ4v) is 3.00. The zero-order chi connectivity index (χ0) is 22.2. The van der Waals surface area contributed by atoms with E-state index < -0.39 is 6.17 Å². The summed E-state index contributed by atoms with van der Waals surface area (Å²) in [5, 5.41) is 0. The first kappa shape index (κ1) is 20.8. The highest BCUT2D eigenvalue weighted by atomic mass is 15.4. The number of aliphatic imine (C=N–C) groups is 1. The maximum absolute atomic E-state index is 4.79. The molecule has 0 aliphatic carbocycles. The van der Waals surface area contributed by atoms with Crippen LogP contribution >= 0.6 is 0 Å². The van der Waals surface area contributed by atoms with Crippen molar-refractivity contribution in [3.63, 3.8) is 0 Å². The maximum Gasteiger partial charge on any atom is 0.181 e. The van der Waals surface area contributed by atoms with Crippen LogP contribution < -0.4 is 0 Å². The van der Waals surface area contributed by atoms with E-state index in [-0.39, 0.29) is 6.17 Å². The molecule has 1 aliphatic heterocycles. The van der Waals surface area contributed by atoms with Gasteiger partial charge in [-0.25, -0.2) is 9.89 Å². The van der Waals surface area contributed by atoms with Gasteiger partial charge in [-0.1, -0.05) is 29.6 Å². The summed E-state index contributed by atoms with van der Waals surface area (Å²) >= 11 is 0. The molecule has 32 heavy (non-hydrogen) atoms. The molecule has 4 rings (SSSR count). The lowest BCUT2D eigenvalue weighted by Gasteiger charge is -2.38. The Morgan fingerprint density at radius 1 is 0.625 bits per heavy atom. The first-order valence-electron chi connectivity index (χ1n) is 9.98. The van der Waals surface area contributed by atoms with Gasteiger partial charge < -0.3 is 4.90 Å². The van der Waals surface area contributed by atoms with Crippen LogP contribution in [0.25, 0.3) is 0 Å². The number of nitrogens with zero attached hydrogens (tertiary/aromatic N) is 6. The molecule has 0 bridgehead atoms. The van der Waals surface area contributed by atoms with Crippen molar-refractivity contribution in [2.24, 2.45) is 4.99 Å². The Balaban J connectivity index is 1.69. The van der Waals surface area contributed by atoms with Gasteiger partial charge in [0.05, 0.1) is 0 Å². The summed E-state index contributed by atoms with van der Waals surface area (Å²) in [7, 11) is 3.90. The van der Waals surface area contributed by atoms with Crippen molar-refractivity contribution in [3.05, 3.63) is 90.3 Å². The zero-order valence-corrected chi connectivity index (χ0v) is 17.8. The highest BCUT2D eigenvalue weighted by Crippen LogP contribution is 2.15. The second kappa shape index (κ2) is 10.0. The van der Waals surface area contributed by atoms with Crippen molar-refractivity contribution in [2.75, 3.05) is 14.1 Å². The average Bonchev–Trinajstić information content (AvgIpc) is 2.85. The second-order valence-electron chi connectivity index (χ2n) is 6.97. The smallest absolute Gasteiger partial charge is 0.181 e. The quantitative estimate of drug-likeness (QED) is 0.526. The summed E-state index contributed by atoms with van der Waals surface area (Å²) < 4.78 is 0. The maximum atomic E-state index is 4.79. The molecule has 0 saturated carbocycles. The fraction of sp³-hybridized carbons (Fsp3) is 0.154. The summed E-state index contributed by atoms with van der Waals surface area (Å²) in [6.07, 6.45) is 9.70. The Labute approximate surface area is 188 Å². The molecule has 4 heterocycles. The van der Waals surface area contributed by atoms with E-state index in [0.717, 1.165) is 16.7 Å². The molecule has 0 spiro atoms. The van der Waals surface area contributed by atoms with Crippen molar-refractivity contribution < 1.29 is 0 Å². The SMILES string of the molecule is CN1C(C#Cc2ccncc2)=NC(C#Cc2ccncc2)N(C)C1C#Cc1ccncc1. The molecule has 0 aromatic carbocycles. The van der Waals surface area contributed by atoms with Crippen LogP contribution in [0.4, 0.5) is 0 Å². The van der Waals surface area contributed by atoms with Crippen LogP contribution in [-0.2, 0) is 0 Å². The van der Waals surface area contributed by atoms with Gasteiger partial charge in [-0.3, -0.25) is 15.0 Å². The molecule has 0 amide bonds. The number of hydrogen-bond donors (Lipinski definition) is 0. The Hall–Kier alpha value is -4.44. The van der Waals surface area contributed by atoms with Gasteiger partial charge in [-0.05, 0) is 49.4 Å². The summed E-state index contributed by atoms with van der Waals surface area (Å²) in [5.41, 5.74) is 2.65. The van der Waals surface area contributed by atoms with Crippen LogP contribution in [0, 0.1) is 35.5 Å². The normalized spacial score (nSPS) is 17.6. The van der Waals surface area contributed by atoms with Crippen LogP contribution in [0.5, 0.6) is 0 Å². The minimum Gasteiger partial charge on any atom is -0.326 e. The van der Waals surface area contributed by atoms with E-state index in [0.29, 0.717) is 5.84 Å². The van der Waals surface area contributed by atoms with Crippen molar-refractivity contribution in [1.29, 1.82) is 0 Å². The topological polar surface area (TPSA) is 57.5 Å². The predicted molar refractivity (Wildman–Crippen MR) is 124 cm³/mol. The number of amidine groups is 1. The van der Waals surface area contributed by atoms with E-state index in [1.54, 1.807) is 37.2 Å². The first-order valence-corrected chi connectivity index (χ1v) is 9.98. The summed E-state index contributed by atoms with van der Waals surface area (Å²) in [5.74, 6) is 19.9. The van der Waals surface area contributed by atoms with Crippen molar-refractivity contribution in [3.8, 4) is 35.5 Å². The van der Waals surface area contributed by atoms with Gasteiger partial charge in [0.25, 0.3) is 0 Å². The van der Waals surface area contributed by atoms with Gasteiger partial charge in [0.1, 0.15) is 6.17 Å². The molecule has 0 fully saturated rings. The lowest BCUT2D eigenvalue weighted by atomic mass is 10.2. The molecule has 1 aliphatic rings. The largest absolute Gasteiger partial charge is 0.326 e.